The van der Waals surface area contributed by atoms with E-state index < -0.39 is 11.9 Å². The molecule has 3 rings (SSSR count). The second-order valence-electron chi connectivity index (χ2n) is 5.81. The quantitative estimate of drug-likeness (QED) is 0.661. The van der Waals surface area contributed by atoms with E-state index in [4.69, 9.17) is 16.3 Å². The highest BCUT2D eigenvalue weighted by atomic mass is 35.5. The van der Waals surface area contributed by atoms with Crippen LogP contribution in [-0.2, 0) is 9.59 Å². The number of anilines is 1. The number of benzene rings is 1. The minimum Gasteiger partial charge on any atom is -0.495 e. The fourth-order valence-corrected chi connectivity index (χ4v) is 4.19. The van der Waals surface area contributed by atoms with Crippen molar-refractivity contribution in [1.82, 2.24) is 10.6 Å². The number of ether oxygens (including phenoxy) is 1. The van der Waals surface area contributed by atoms with Crippen LogP contribution in [0.1, 0.15) is 4.88 Å². The summed E-state index contributed by atoms with van der Waals surface area (Å²) in [6, 6.07) is 8.05. The lowest BCUT2D eigenvalue weighted by atomic mass is 10.2. The van der Waals surface area contributed by atoms with Crippen molar-refractivity contribution in [1.29, 1.82) is 0 Å². The van der Waals surface area contributed by atoms with Crippen molar-refractivity contribution in [3.05, 3.63) is 51.3 Å². The zero-order chi connectivity index (χ0) is 21.7. The lowest BCUT2D eigenvalue weighted by Gasteiger charge is -2.18. The van der Waals surface area contributed by atoms with Gasteiger partial charge in [0.2, 0.25) is 5.91 Å². The van der Waals surface area contributed by atoms with Gasteiger partial charge in [-0.3, -0.25) is 19.8 Å². The molecule has 0 aliphatic carbocycles. The van der Waals surface area contributed by atoms with Crippen LogP contribution in [0, 0.1) is 0 Å². The van der Waals surface area contributed by atoms with Gasteiger partial charge in [-0.15, -0.1) is 11.3 Å². The van der Waals surface area contributed by atoms with Gasteiger partial charge in [-0.1, -0.05) is 29.4 Å². The second kappa shape index (κ2) is 9.79. The van der Waals surface area contributed by atoms with Crippen LogP contribution < -0.4 is 20.3 Å². The van der Waals surface area contributed by atoms with Crippen molar-refractivity contribution >= 4 is 69.5 Å². The van der Waals surface area contributed by atoms with Crippen LogP contribution in [-0.4, -0.2) is 42.9 Å². The van der Waals surface area contributed by atoms with Crippen LogP contribution in [0.3, 0.4) is 0 Å². The summed E-state index contributed by atoms with van der Waals surface area (Å²) in [6.45, 7) is 0. The number of carbonyl (C=O) groups is 3. The van der Waals surface area contributed by atoms with E-state index >= 15 is 0 Å². The third-order valence-electron chi connectivity index (χ3n) is 3.86. The van der Waals surface area contributed by atoms with Gasteiger partial charge in [0.25, 0.3) is 5.91 Å². The summed E-state index contributed by atoms with van der Waals surface area (Å²) in [6.07, 6.45) is 1.68. The van der Waals surface area contributed by atoms with E-state index in [9.17, 15) is 14.4 Å². The summed E-state index contributed by atoms with van der Waals surface area (Å²) in [7, 11) is 2.91. The van der Waals surface area contributed by atoms with Crippen LogP contribution in [0.2, 0.25) is 5.02 Å². The highest BCUT2D eigenvalue weighted by molar-refractivity contribution is 8.14. The first-order chi connectivity index (χ1) is 14.4. The molecule has 0 fully saturated rings. The molecule has 1 aliphatic rings. The van der Waals surface area contributed by atoms with Crippen molar-refractivity contribution < 1.29 is 19.1 Å². The molecule has 0 atom stereocenters. The highest BCUT2D eigenvalue weighted by Gasteiger charge is 2.33. The summed E-state index contributed by atoms with van der Waals surface area (Å²) < 4.78 is 5.16. The molecule has 1 aromatic heterocycles. The standard InChI is InChI=1S/C19H17ClN4O4S2/c1-21-18(27)23-16(25)10-30-19-22-14(9-12-4-3-7-29-12)17(26)24(19)11-5-6-15(28-2)13(20)8-11/h3-9H,10H2,1-2H3,(H2,21,23,25,27). The monoisotopic (exact) mass is 464 g/mol. The zero-order valence-electron chi connectivity index (χ0n) is 16.0. The number of rotatable bonds is 5. The Morgan fingerprint density at radius 1 is 1.37 bits per heavy atom. The minimum atomic E-state index is -0.609. The average Bonchev–Trinajstić information content (AvgIpc) is 3.34. The van der Waals surface area contributed by atoms with E-state index in [1.165, 1.54) is 30.4 Å². The van der Waals surface area contributed by atoms with Crippen molar-refractivity contribution in [2.24, 2.45) is 4.99 Å². The fraction of sp³-hybridized carbons (Fsp3) is 0.158. The first-order valence-electron chi connectivity index (χ1n) is 8.59. The van der Waals surface area contributed by atoms with Crippen LogP contribution in [0.4, 0.5) is 10.5 Å². The smallest absolute Gasteiger partial charge is 0.321 e. The molecule has 0 saturated carbocycles. The van der Waals surface area contributed by atoms with E-state index in [0.29, 0.717) is 21.6 Å². The number of thiophene rings is 1. The number of methoxy groups -OCH3 is 1. The number of nitrogens with zero attached hydrogens (tertiary/aromatic N) is 2. The Labute approximate surface area is 185 Å². The second-order valence-corrected chi connectivity index (χ2v) is 8.14. The average molecular weight is 465 g/mol. The lowest BCUT2D eigenvalue weighted by molar-refractivity contribution is -0.117. The van der Waals surface area contributed by atoms with Crippen LogP contribution in [0.15, 0.2) is 46.4 Å². The predicted octanol–water partition coefficient (Wildman–Crippen LogP) is 3.34. The molecule has 0 saturated heterocycles. The molecule has 2 heterocycles. The molecule has 1 aromatic carbocycles. The summed E-state index contributed by atoms with van der Waals surface area (Å²) in [5, 5.41) is 7.01. The van der Waals surface area contributed by atoms with Crippen molar-refractivity contribution in [3.8, 4) is 5.75 Å². The normalized spacial score (nSPS) is 14.6. The van der Waals surface area contributed by atoms with Gasteiger partial charge in [-0.2, -0.15) is 0 Å². The van der Waals surface area contributed by atoms with Gasteiger partial charge in [0.1, 0.15) is 11.4 Å². The molecule has 2 N–H and O–H groups in total. The molecule has 8 nitrogen and oxygen atoms in total. The molecule has 2 aromatic rings. The molecule has 4 amide bonds. The Bertz CT molecular complexity index is 1040. The third kappa shape index (κ3) is 5.02. The van der Waals surface area contributed by atoms with Gasteiger partial charge in [-0.05, 0) is 35.7 Å². The maximum absolute atomic E-state index is 13.1. The number of imide groups is 1. The summed E-state index contributed by atoms with van der Waals surface area (Å²) in [5.74, 6) is -0.499. The van der Waals surface area contributed by atoms with E-state index in [1.54, 1.807) is 24.3 Å². The minimum absolute atomic E-state index is 0.105. The van der Waals surface area contributed by atoms with Gasteiger partial charge in [0, 0.05) is 11.9 Å². The van der Waals surface area contributed by atoms with Crippen LogP contribution >= 0.6 is 34.7 Å². The number of aliphatic imine (C=N–C) groups is 1. The Kier molecular flexibility index (Phi) is 7.14. The van der Waals surface area contributed by atoms with Crippen LogP contribution in [0.5, 0.6) is 5.75 Å². The van der Waals surface area contributed by atoms with E-state index in [-0.39, 0.29) is 17.4 Å². The number of carbonyl (C=O) groups excluding carboxylic acids is 3. The maximum Gasteiger partial charge on any atom is 0.321 e. The van der Waals surface area contributed by atoms with Crippen molar-refractivity contribution in [2.75, 3.05) is 24.8 Å². The lowest BCUT2D eigenvalue weighted by Crippen LogP contribution is -2.39. The van der Waals surface area contributed by atoms with Gasteiger partial charge in [0.05, 0.1) is 23.6 Å². The molecule has 30 heavy (non-hydrogen) atoms. The van der Waals surface area contributed by atoms with Gasteiger partial charge in [0.15, 0.2) is 5.17 Å². The SMILES string of the molecule is CNC(=O)NC(=O)CSC1=NC(=Cc2cccs2)C(=O)N1c1ccc(OC)c(Cl)c1. The number of amidine groups is 1. The Balaban J connectivity index is 1.89. The number of amides is 4. The Hall–Kier alpha value is -2.82. The predicted molar refractivity (Wildman–Crippen MR) is 120 cm³/mol. The molecule has 11 heteroatoms. The summed E-state index contributed by atoms with van der Waals surface area (Å²) in [4.78, 5) is 43.0. The summed E-state index contributed by atoms with van der Waals surface area (Å²) >= 11 is 8.73. The molecular formula is C19H17ClN4O4S2. The number of thioether (sulfide) groups is 1. The highest BCUT2D eigenvalue weighted by Crippen LogP contribution is 2.34. The molecule has 0 unspecified atom stereocenters. The van der Waals surface area contributed by atoms with Crippen LogP contribution in [0.25, 0.3) is 6.08 Å². The number of nitrogens with one attached hydrogen (secondary N) is 2. The van der Waals surface area contributed by atoms with Gasteiger partial charge >= 0.3 is 6.03 Å². The largest absolute Gasteiger partial charge is 0.495 e. The first-order valence-corrected chi connectivity index (χ1v) is 10.8. The van der Waals surface area contributed by atoms with Gasteiger partial charge < -0.3 is 10.1 Å². The third-order valence-corrected chi connectivity index (χ3v) is 5.91. The zero-order valence-corrected chi connectivity index (χ0v) is 18.4. The molecule has 1 aliphatic heterocycles. The van der Waals surface area contributed by atoms with E-state index in [2.05, 4.69) is 15.6 Å². The molecular weight excluding hydrogens is 448 g/mol. The maximum atomic E-state index is 13.1. The molecule has 0 spiro atoms. The molecule has 156 valence electrons. The number of urea groups is 1. The first kappa shape index (κ1) is 21.9. The summed E-state index contributed by atoms with van der Waals surface area (Å²) in [5.41, 5.74) is 0.719. The molecule has 0 bridgehead atoms. The number of hydrogen-bond donors (Lipinski definition) is 2. The Morgan fingerprint density at radius 3 is 2.80 bits per heavy atom. The van der Waals surface area contributed by atoms with Crippen molar-refractivity contribution in [3.63, 3.8) is 0 Å². The number of hydrogen-bond acceptors (Lipinski definition) is 7. The molecule has 0 radical (unpaired) electrons. The number of halogens is 1. The van der Waals surface area contributed by atoms with E-state index in [0.717, 1.165) is 16.6 Å². The topological polar surface area (TPSA) is 100 Å². The van der Waals surface area contributed by atoms with Gasteiger partial charge in [-0.25, -0.2) is 9.79 Å². The van der Waals surface area contributed by atoms with Crippen molar-refractivity contribution in [2.45, 2.75) is 0 Å². The van der Waals surface area contributed by atoms with E-state index in [1.807, 2.05) is 17.5 Å². The fourth-order valence-electron chi connectivity index (χ4n) is 2.48. The Morgan fingerprint density at radius 2 is 2.17 bits per heavy atom.